The van der Waals surface area contributed by atoms with E-state index < -0.39 is 23.9 Å². The molecular formula is C33H44N2O11. The topological polar surface area (TPSA) is 218 Å². The number of carbonyl (C=O) groups excluding carboxylic acids is 1. The second-order valence-corrected chi connectivity index (χ2v) is 10.2. The van der Waals surface area contributed by atoms with Crippen LogP contribution in [0.15, 0.2) is 46.9 Å². The summed E-state index contributed by atoms with van der Waals surface area (Å²) in [5.41, 5.74) is 8.60. The van der Waals surface area contributed by atoms with E-state index in [1.54, 1.807) is 0 Å². The van der Waals surface area contributed by atoms with Crippen molar-refractivity contribution in [3.63, 3.8) is 0 Å². The molecule has 0 amide bonds. The predicted molar refractivity (Wildman–Crippen MR) is 171 cm³/mol. The minimum atomic E-state index is -1.82. The van der Waals surface area contributed by atoms with Gasteiger partial charge in [0.1, 0.15) is 23.7 Å². The van der Waals surface area contributed by atoms with E-state index in [0.29, 0.717) is 29.0 Å². The summed E-state index contributed by atoms with van der Waals surface area (Å²) in [7, 11) is 0. The Morgan fingerprint density at radius 2 is 1.26 bits per heavy atom. The number of aliphatic carboxylic acids is 4. The van der Waals surface area contributed by atoms with Crippen molar-refractivity contribution in [2.45, 2.75) is 65.7 Å². The molecule has 0 saturated carbocycles. The molecule has 6 N–H and O–H groups in total. The Hall–Kier alpha value is -4.91. The summed E-state index contributed by atoms with van der Waals surface area (Å²) in [4.78, 5) is 52.4. The van der Waals surface area contributed by atoms with E-state index in [2.05, 4.69) is 25.7 Å². The van der Waals surface area contributed by atoms with Crippen molar-refractivity contribution in [1.29, 1.82) is 0 Å². The molecule has 1 heterocycles. The van der Waals surface area contributed by atoms with E-state index in [4.69, 9.17) is 54.5 Å². The van der Waals surface area contributed by atoms with Crippen LogP contribution in [0.2, 0.25) is 0 Å². The van der Waals surface area contributed by atoms with Crippen LogP contribution in [-0.2, 0) is 25.6 Å². The number of unbranched alkanes of at least 4 members (excludes halogenated alkanes) is 3. The number of ketones is 1. The van der Waals surface area contributed by atoms with Gasteiger partial charge in [0.05, 0.1) is 5.56 Å². The van der Waals surface area contributed by atoms with E-state index in [1.807, 2.05) is 42.5 Å². The van der Waals surface area contributed by atoms with Crippen molar-refractivity contribution in [2.24, 2.45) is 0 Å². The summed E-state index contributed by atoms with van der Waals surface area (Å²) >= 11 is 0. The van der Waals surface area contributed by atoms with Gasteiger partial charge in [-0.3, -0.25) is 9.69 Å². The maximum atomic E-state index is 13.5. The van der Waals surface area contributed by atoms with Gasteiger partial charge >= 0.3 is 23.9 Å². The molecule has 46 heavy (non-hydrogen) atoms. The Morgan fingerprint density at radius 3 is 1.74 bits per heavy atom. The second kappa shape index (κ2) is 20.9. The zero-order chi connectivity index (χ0) is 34.6. The highest BCUT2D eigenvalue weighted by atomic mass is 16.5. The number of nitrogens with two attached hydrogens (primary N) is 1. The molecule has 0 aliphatic rings. The van der Waals surface area contributed by atoms with Crippen LogP contribution in [0.1, 0.15) is 81.0 Å². The van der Waals surface area contributed by atoms with Crippen molar-refractivity contribution in [2.75, 3.05) is 32.0 Å². The highest BCUT2D eigenvalue weighted by Gasteiger charge is 2.22. The molecule has 0 unspecified atom stereocenters. The summed E-state index contributed by atoms with van der Waals surface area (Å²) in [5, 5.41) is 30.4. The number of nitrogen functional groups attached to an aromatic ring is 1. The molecule has 3 rings (SSSR count). The van der Waals surface area contributed by atoms with Crippen LogP contribution in [0.4, 0.5) is 5.69 Å². The Kier molecular flexibility index (Phi) is 17.8. The molecular weight excluding hydrogens is 600 g/mol. The largest absolute Gasteiger partial charge is 0.492 e. The SMILES string of the molecule is CCCCc1oc2ccc(N)cc2c1C(=O)c1ccc(OCCN(CCCC)CCCC)cc1.O=C(O)C(=O)O.O=C(O)C(=O)O. The fraction of sp³-hybridized carbons (Fsp3) is 0.424. The summed E-state index contributed by atoms with van der Waals surface area (Å²) in [6, 6.07) is 13.0. The normalized spacial score (nSPS) is 10.3. The highest BCUT2D eigenvalue weighted by molar-refractivity contribution is 6.27. The zero-order valence-electron chi connectivity index (χ0n) is 26.5. The number of furan rings is 1. The standard InChI is InChI=1S/C29H40N2O3.2C2H2O4/c1-4-7-10-27-28(25-21-23(30)13-16-26(25)34-27)29(32)22-11-14-24(15-12-22)33-20-19-31(17-8-5-2)18-9-6-3;2*3-1(4)2(5)6/h11-16,21H,4-10,17-20,30H2,1-3H3;2*(H,3,4)(H,5,6). The summed E-state index contributed by atoms with van der Waals surface area (Å²) in [6.07, 6.45) is 7.59. The molecule has 0 bridgehead atoms. The predicted octanol–water partition coefficient (Wildman–Crippen LogP) is 5.18. The minimum Gasteiger partial charge on any atom is -0.492 e. The van der Waals surface area contributed by atoms with E-state index in [-0.39, 0.29) is 5.78 Å². The molecule has 13 nitrogen and oxygen atoms in total. The van der Waals surface area contributed by atoms with Gasteiger partial charge in [-0.15, -0.1) is 0 Å². The average Bonchev–Trinajstić information content (AvgIpc) is 3.38. The van der Waals surface area contributed by atoms with Crippen molar-refractivity contribution < 1.29 is 53.6 Å². The average molecular weight is 645 g/mol. The molecule has 0 aliphatic carbocycles. The maximum Gasteiger partial charge on any atom is 0.414 e. The van der Waals surface area contributed by atoms with E-state index in [1.165, 1.54) is 25.7 Å². The van der Waals surface area contributed by atoms with Gasteiger partial charge in [-0.05, 0) is 74.8 Å². The molecule has 13 heteroatoms. The highest BCUT2D eigenvalue weighted by Crippen LogP contribution is 2.31. The number of hydrogen-bond donors (Lipinski definition) is 5. The van der Waals surface area contributed by atoms with Gasteiger partial charge in [-0.2, -0.15) is 0 Å². The van der Waals surface area contributed by atoms with Crippen molar-refractivity contribution >= 4 is 46.3 Å². The van der Waals surface area contributed by atoms with Gasteiger partial charge in [0.25, 0.3) is 0 Å². The Balaban J connectivity index is 0.000000747. The quantitative estimate of drug-likeness (QED) is 0.0819. The first-order chi connectivity index (χ1) is 21.9. The van der Waals surface area contributed by atoms with Crippen LogP contribution in [0.25, 0.3) is 11.0 Å². The first-order valence-electron chi connectivity index (χ1n) is 15.1. The number of ether oxygens (including phenoxy) is 1. The summed E-state index contributed by atoms with van der Waals surface area (Å²) in [5.74, 6) is -5.80. The van der Waals surface area contributed by atoms with Crippen molar-refractivity contribution in [3.8, 4) is 5.75 Å². The minimum absolute atomic E-state index is 0.0349. The molecule has 1 aromatic heterocycles. The number of aryl methyl sites for hydroxylation is 1. The maximum absolute atomic E-state index is 13.5. The molecule has 0 fully saturated rings. The van der Waals surface area contributed by atoms with Gasteiger partial charge in [0, 0.05) is 29.6 Å². The number of carboxylic acids is 4. The second-order valence-electron chi connectivity index (χ2n) is 10.2. The number of hydrogen-bond acceptors (Lipinski definition) is 9. The number of carbonyl (C=O) groups is 5. The molecule has 0 aliphatic heterocycles. The summed E-state index contributed by atoms with van der Waals surface area (Å²) in [6.45, 7) is 10.4. The van der Waals surface area contributed by atoms with E-state index >= 15 is 0 Å². The molecule has 2 aromatic carbocycles. The Bertz CT molecular complexity index is 1380. The molecule has 0 radical (unpaired) electrons. The Labute approximate surface area is 267 Å². The fourth-order valence-corrected chi connectivity index (χ4v) is 4.17. The third kappa shape index (κ3) is 13.8. The van der Waals surface area contributed by atoms with Crippen LogP contribution in [0.5, 0.6) is 5.75 Å². The lowest BCUT2D eigenvalue weighted by atomic mass is 9.98. The van der Waals surface area contributed by atoms with Crippen LogP contribution < -0.4 is 10.5 Å². The Morgan fingerprint density at radius 1 is 0.739 bits per heavy atom. The van der Waals surface area contributed by atoms with Gasteiger partial charge in [-0.1, -0.05) is 40.0 Å². The van der Waals surface area contributed by atoms with Crippen LogP contribution in [0, 0.1) is 0 Å². The van der Waals surface area contributed by atoms with Gasteiger partial charge in [-0.25, -0.2) is 19.2 Å². The van der Waals surface area contributed by atoms with Crippen LogP contribution >= 0.6 is 0 Å². The summed E-state index contributed by atoms with van der Waals surface area (Å²) < 4.78 is 12.0. The van der Waals surface area contributed by atoms with Crippen LogP contribution in [-0.4, -0.2) is 81.2 Å². The van der Waals surface area contributed by atoms with Gasteiger partial charge in [0.15, 0.2) is 5.78 Å². The van der Waals surface area contributed by atoms with Gasteiger partial charge in [0.2, 0.25) is 0 Å². The third-order valence-corrected chi connectivity index (χ3v) is 6.58. The first kappa shape index (κ1) is 39.1. The molecule has 0 saturated heterocycles. The zero-order valence-corrected chi connectivity index (χ0v) is 26.5. The lowest BCUT2D eigenvalue weighted by Crippen LogP contribution is -2.30. The van der Waals surface area contributed by atoms with Crippen molar-refractivity contribution in [3.05, 3.63) is 59.4 Å². The number of fused-ring (bicyclic) bond motifs is 1. The van der Waals surface area contributed by atoms with Crippen molar-refractivity contribution in [1.82, 2.24) is 4.90 Å². The fourth-order valence-electron chi connectivity index (χ4n) is 4.17. The van der Waals surface area contributed by atoms with E-state index in [0.717, 1.165) is 55.8 Å². The number of anilines is 1. The van der Waals surface area contributed by atoms with E-state index in [9.17, 15) is 4.79 Å². The van der Waals surface area contributed by atoms with Gasteiger partial charge < -0.3 is 35.3 Å². The smallest absolute Gasteiger partial charge is 0.414 e. The van der Waals surface area contributed by atoms with Crippen LogP contribution in [0.3, 0.4) is 0 Å². The number of nitrogens with zero attached hydrogens (tertiary/aromatic N) is 1. The number of benzene rings is 2. The number of rotatable bonds is 15. The first-order valence-corrected chi connectivity index (χ1v) is 15.1. The molecule has 0 spiro atoms. The molecule has 252 valence electrons. The molecule has 0 atom stereocenters. The molecule has 3 aromatic rings. The lowest BCUT2D eigenvalue weighted by molar-refractivity contribution is -0.159. The lowest BCUT2D eigenvalue weighted by Gasteiger charge is -2.22. The third-order valence-electron chi connectivity index (χ3n) is 6.58. The monoisotopic (exact) mass is 644 g/mol. The number of carboxylic acid groups (broad SMARTS) is 4.